The summed E-state index contributed by atoms with van der Waals surface area (Å²) in [7, 11) is 1.51. The van der Waals surface area contributed by atoms with Crippen molar-refractivity contribution in [2.45, 2.75) is 0 Å². The Balaban J connectivity index is 2.34. The number of amides is 1. The lowest BCUT2D eigenvalue weighted by atomic mass is 10.1. The van der Waals surface area contributed by atoms with Gasteiger partial charge in [-0.05, 0) is 30.3 Å². The molecule has 0 aliphatic rings. The maximum Gasteiger partial charge on any atom is 0.338 e. The van der Waals surface area contributed by atoms with Crippen molar-refractivity contribution in [3.63, 3.8) is 0 Å². The Kier molecular flexibility index (Phi) is 3.79. The number of carbonyl (C=O) groups is 2. The van der Waals surface area contributed by atoms with Gasteiger partial charge in [0, 0.05) is 18.3 Å². The smallest absolute Gasteiger partial charge is 0.338 e. The average molecular weight is 273 g/mol. The van der Waals surface area contributed by atoms with Crippen molar-refractivity contribution in [1.82, 2.24) is 0 Å². The van der Waals surface area contributed by atoms with E-state index < -0.39 is 17.3 Å². The average Bonchev–Trinajstić information content (AvgIpc) is 2.47. The molecule has 0 saturated carbocycles. The summed E-state index contributed by atoms with van der Waals surface area (Å²) in [6.45, 7) is 0. The third kappa shape index (κ3) is 2.66. The van der Waals surface area contributed by atoms with Crippen LogP contribution in [0.15, 0.2) is 48.5 Å². The summed E-state index contributed by atoms with van der Waals surface area (Å²) in [4.78, 5) is 24.4. The zero-order chi connectivity index (χ0) is 14.7. The van der Waals surface area contributed by atoms with Crippen molar-refractivity contribution >= 4 is 17.6 Å². The first-order chi connectivity index (χ1) is 9.50. The third-order valence-corrected chi connectivity index (χ3v) is 2.89. The van der Waals surface area contributed by atoms with Gasteiger partial charge in [0.15, 0.2) is 0 Å². The Morgan fingerprint density at radius 1 is 1.10 bits per heavy atom. The fourth-order valence-electron chi connectivity index (χ4n) is 1.78. The van der Waals surface area contributed by atoms with Crippen LogP contribution in [-0.4, -0.2) is 24.0 Å². The van der Waals surface area contributed by atoms with E-state index in [4.69, 9.17) is 5.11 Å². The standard InChI is InChI=1S/C15H12FNO3/c1-17(14(18)10-5-3-2-4-6-10)11-7-8-13(16)12(9-11)15(19)20/h2-9H,1H3,(H,19,20). The maximum absolute atomic E-state index is 13.3. The first-order valence-corrected chi connectivity index (χ1v) is 5.86. The molecule has 0 saturated heterocycles. The molecule has 2 rings (SSSR count). The number of aromatic carboxylic acids is 1. The van der Waals surface area contributed by atoms with Gasteiger partial charge in [-0.3, -0.25) is 4.79 Å². The Hall–Kier alpha value is -2.69. The van der Waals surface area contributed by atoms with Crippen LogP contribution in [0.2, 0.25) is 0 Å². The molecule has 0 unspecified atom stereocenters. The molecule has 0 fully saturated rings. The van der Waals surface area contributed by atoms with Gasteiger partial charge >= 0.3 is 5.97 Å². The van der Waals surface area contributed by atoms with Crippen LogP contribution in [0.5, 0.6) is 0 Å². The minimum Gasteiger partial charge on any atom is -0.478 e. The second-order valence-corrected chi connectivity index (χ2v) is 4.20. The largest absolute Gasteiger partial charge is 0.478 e. The van der Waals surface area contributed by atoms with E-state index in [0.29, 0.717) is 11.3 Å². The molecule has 0 radical (unpaired) electrons. The summed E-state index contributed by atoms with van der Waals surface area (Å²) in [5.41, 5.74) is 0.323. The zero-order valence-electron chi connectivity index (χ0n) is 10.7. The minimum absolute atomic E-state index is 0.298. The first-order valence-electron chi connectivity index (χ1n) is 5.86. The van der Waals surface area contributed by atoms with E-state index in [9.17, 15) is 14.0 Å². The van der Waals surface area contributed by atoms with Crippen LogP contribution < -0.4 is 4.90 Å². The van der Waals surface area contributed by atoms with Gasteiger partial charge in [0.2, 0.25) is 0 Å². The number of halogens is 1. The number of rotatable bonds is 3. The minimum atomic E-state index is -1.37. The summed E-state index contributed by atoms with van der Waals surface area (Å²) in [6, 6.07) is 12.1. The predicted octanol–water partition coefficient (Wildman–Crippen LogP) is 2.80. The lowest BCUT2D eigenvalue weighted by Crippen LogP contribution is -2.26. The van der Waals surface area contributed by atoms with Crippen molar-refractivity contribution in [3.05, 3.63) is 65.5 Å². The number of carboxylic acid groups (broad SMARTS) is 1. The molecule has 0 spiro atoms. The van der Waals surface area contributed by atoms with E-state index in [-0.39, 0.29) is 5.91 Å². The molecule has 0 aliphatic carbocycles. The SMILES string of the molecule is CN(C(=O)c1ccccc1)c1ccc(F)c(C(=O)O)c1. The van der Waals surface area contributed by atoms with E-state index in [2.05, 4.69) is 0 Å². The molecule has 102 valence electrons. The molecule has 20 heavy (non-hydrogen) atoms. The molecule has 1 N–H and O–H groups in total. The molecule has 0 aliphatic heterocycles. The predicted molar refractivity (Wildman–Crippen MR) is 72.5 cm³/mol. The summed E-state index contributed by atoms with van der Waals surface area (Å²) < 4.78 is 13.3. The van der Waals surface area contributed by atoms with Crippen molar-refractivity contribution in [2.24, 2.45) is 0 Å². The van der Waals surface area contributed by atoms with Crippen LogP contribution >= 0.6 is 0 Å². The number of hydrogen-bond acceptors (Lipinski definition) is 2. The van der Waals surface area contributed by atoms with Gasteiger partial charge in [-0.2, -0.15) is 0 Å². The quantitative estimate of drug-likeness (QED) is 0.935. The summed E-state index contributed by atoms with van der Waals surface area (Å²) in [6.07, 6.45) is 0. The fraction of sp³-hybridized carbons (Fsp3) is 0.0667. The van der Waals surface area contributed by atoms with Gasteiger partial charge in [-0.15, -0.1) is 0 Å². The van der Waals surface area contributed by atoms with Crippen molar-refractivity contribution in [3.8, 4) is 0 Å². The number of nitrogens with zero attached hydrogens (tertiary/aromatic N) is 1. The van der Waals surface area contributed by atoms with Crippen molar-refractivity contribution < 1.29 is 19.1 Å². The second-order valence-electron chi connectivity index (χ2n) is 4.20. The molecule has 0 aromatic heterocycles. The molecule has 2 aromatic rings. The summed E-state index contributed by atoms with van der Waals surface area (Å²) in [5.74, 6) is -2.50. The van der Waals surface area contributed by atoms with Crippen molar-refractivity contribution in [1.29, 1.82) is 0 Å². The van der Waals surface area contributed by atoms with E-state index in [0.717, 1.165) is 12.1 Å². The van der Waals surface area contributed by atoms with Gasteiger partial charge in [0.25, 0.3) is 5.91 Å². The highest BCUT2D eigenvalue weighted by atomic mass is 19.1. The normalized spacial score (nSPS) is 10.1. The van der Waals surface area contributed by atoms with Crippen LogP contribution in [0, 0.1) is 5.82 Å². The summed E-state index contributed by atoms with van der Waals surface area (Å²) in [5, 5.41) is 8.88. The van der Waals surface area contributed by atoms with Gasteiger partial charge in [-0.25, -0.2) is 9.18 Å². The molecule has 1 amide bonds. The fourth-order valence-corrected chi connectivity index (χ4v) is 1.78. The molecule has 4 nitrogen and oxygen atoms in total. The van der Waals surface area contributed by atoms with Crippen LogP contribution in [0.25, 0.3) is 0 Å². The molecular formula is C15H12FNO3. The molecule has 5 heteroatoms. The molecule has 0 heterocycles. The van der Waals surface area contributed by atoms with E-state index in [1.165, 1.54) is 18.0 Å². The highest BCUT2D eigenvalue weighted by molar-refractivity contribution is 6.06. The number of carboxylic acids is 1. The van der Waals surface area contributed by atoms with Crippen LogP contribution in [0.3, 0.4) is 0 Å². The van der Waals surface area contributed by atoms with Gasteiger partial charge < -0.3 is 10.0 Å². The van der Waals surface area contributed by atoms with Crippen LogP contribution in [0.4, 0.5) is 10.1 Å². The first kappa shape index (κ1) is 13.7. The topological polar surface area (TPSA) is 57.6 Å². The van der Waals surface area contributed by atoms with E-state index in [1.807, 2.05) is 0 Å². The van der Waals surface area contributed by atoms with Gasteiger partial charge in [0.05, 0.1) is 5.56 Å². The van der Waals surface area contributed by atoms with Gasteiger partial charge in [-0.1, -0.05) is 18.2 Å². The lowest BCUT2D eigenvalue weighted by Gasteiger charge is -2.18. The third-order valence-electron chi connectivity index (χ3n) is 2.89. The highest BCUT2D eigenvalue weighted by Crippen LogP contribution is 2.19. The van der Waals surface area contributed by atoms with Crippen LogP contribution in [0.1, 0.15) is 20.7 Å². The lowest BCUT2D eigenvalue weighted by molar-refractivity contribution is 0.0691. The number of carbonyl (C=O) groups excluding carboxylic acids is 1. The Morgan fingerprint density at radius 3 is 2.35 bits per heavy atom. The molecular weight excluding hydrogens is 261 g/mol. The zero-order valence-corrected chi connectivity index (χ0v) is 10.7. The molecule has 2 aromatic carbocycles. The van der Waals surface area contributed by atoms with E-state index in [1.54, 1.807) is 30.3 Å². The Morgan fingerprint density at radius 2 is 1.75 bits per heavy atom. The van der Waals surface area contributed by atoms with Crippen LogP contribution in [-0.2, 0) is 0 Å². The number of benzene rings is 2. The number of anilines is 1. The van der Waals surface area contributed by atoms with Crippen molar-refractivity contribution in [2.75, 3.05) is 11.9 Å². The van der Waals surface area contributed by atoms with E-state index >= 15 is 0 Å². The highest BCUT2D eigenvalue weighted by Gasteiger charge is 2.17. The monoisotopic (exact) mass is 273 g/mol. The maximum atomic E-state index is 13.3. The Labute approximate surface area is 115 Å². The molecule has 0 atom stereocenters. The number of hydrogen-bond donors (Lipinski definition) is 1. The van der Waals surface area contributed by atoms with Gasteiger partial charge in [0.1, 0.15) is 5.82 Å². The molecule has 0 bridgehead atoms. The summed E-state index contributed by atoms with van der Waals surface area (Å²) >= 11 is 0. The second kappa shape index (κ2) is 5.52. The Bertz CT molecular complexity index is 655.